The molecule has 1 atom stereocenters. The van der Waals surface area contributed by atoms with E-state index < -0.39 is 28.0 Å². The number of hydrogen-bond acceptors (Lipinski definition) is 9. The van der Waals surface area contributed by atoms with E-state index in [2.05, 4.69) is 10.3 Å². The van der Waals surface area contributed by atoms with Gasteiger partial charge in [-0.05, 0) is 49.4 Å². The second-order valence-electron chi connectivity index (χ2n) is 7.31. The van der Waals surface area contributed by atoms with E-state index in [1.54, 1.807) is 18.2 Å². The molecule has 1 fully saturated rings. The lowest BCUT2D eigenvalue weighted by Gasteiger charge is -2.26. The van der Waals surface area contributed by atoms with Crippen molar-refractivity contribution in [2.24, 2.45) is 0 Å². The normalized spacial score (nSPS) is 15.8. The molecule has 0 aliphatic carbocycles. The van der Waals surface area contributed by atoms with Crippen molar-refractivity contribution >= 4 is 54.3 Å². The van der Waals surface area contributed by atoms with Crippen LogP contribution >= 0.6 is 11.3 Å². The number of amides is 1. The van der Waals surface area contributed by atoms with Gasteiger partial charge < -0.3 is 20.5 Å². The fourth-order valence-corrected chi connectivity index (χ4v) is 5.42. The van der Waals surface area contributed by atoms with E-state index >= 15 is 0 Å². The molecule has 0 radical (unpaired) electrons. The summed E-state index contributed by atoms with van der Waals surface area (Å²) in [4.78, 5) is 29.2. The number of morpholine rings is 1. The number of carbonyl (C=O) groups excluding carboxylic acids is 2. The maximum atomic E-state index is 12.7. The fraction of sp³-hybridized carbons (Fsp3) is 0.286. The summed E-state index contributed by atoms with van der Waals surface area (Å²) < 4.78 is 37.9. The Hall–Kier alpha value is -3.06. The van der Waals surface area contributed by atoms with Crippen molar-refractivity contribution in [1.82, 2.24) is 9.29 Å². The molecule has 3 aromatic rings. The predicted molar refractivity (Wildman–Crippen MR) is 124 cm³/mol. The molecule has 2 heterocycles. The first kappa shape index (κ1) is 23.1. The third kappa shape index (κ3) is 5.14. The zero-order valence-electron chi connectivity index (χ0n) is 17.7. The molecule has 0 bridgehead atoms. The number of hydrogen-bond donors (Lipinski definition) is 2. The largest absolute Gasteiger partial charge is 0.449 e. The van der Waals surface area contributed by atoms with Crippen LogP contribution in [0.3, 0.4) is 0 Å². The summed E-state index contributed by atoms with van der Waals surface area (Å²) in [5.41, 5.74) is 7.02. The lowest BCUT2D eigenvalue weighted by molar-refractivity contribution is -0.123. The van der Waals surface area contributed by atoms with Gasteiger partial charge in [0.2, 0.25) is 10.0 Å². The number of ether oxygens (including phenoxy) is 2. The number of benzene rings is 2. The lowest BCUT2D eigenvalue weighted by atomic mass is 10.2. The number of sulfonamides is 1. The van der Waals surface area contributed by atoms with Gasteiger partial charge in [0.1, 0.15) is 0 Å². The molecule has 3 N–H and O–H groups in total. The topological polar surface area (TPSA) is 141 Å². The van der Waals surface area contributed by atoms with Crippen LogP contribution in [0, 0.1) is 0 Å². The minimum Gasteiger partial charge on any atom is -0.449 e. The van der Waals surface area contributed by atoms with Crippen LogP contribution < -0.4 is 11.1 Å². The van der Waals surface area contributed by atoms with Crippen LogP contribution in [-0.2, 0) is 24.3 Å². The standard InChI is InChI=1S/C21H22N4O6S2/c1-13(31-20(27)14-2-7-17-18(12-14)32-21(22)24-17)19(26)23-15-3-5-16(6-4-15)33(28,29)25-8-10-30-11-9-25/h2-7,12-13H,8-11H2,1H3,(H2,22,24)(H,23,26). The first-order chi connectivity index (χ1) is 15.7. The average Bonchev–Trinajstić information content (AvgIpc) is 3.19. The SMILES string of the molecule is CC(OC(=O)c1ccc2nc(N)sc2c1)C(=O)Nc1ccc(S(=O)(=O)N2CCOCC2)cc1. The summed E-state index contributed by atoms with van der Waals surface area (Å²) in [5, 5.41) is 3.02. The van der Waals surface area contributed by atoms with Gasteiger partial charge >= 0.3 is 5.97 Å². The monoisotopic (exact) mass is 490 g/mol. The number of rotatable bonds is 6. The Balaban J connectivity index is 1.37. The number of nitrogens with one attached hydrogen (secondary N) is 1. The predicted octanol–water partition coefficient (Wildman–Crippen LogP) is 2.08. The number of nitrogens with two attached hydrogens (primary N) is 1. The second-order valence-corrected chi connectivity index (χ2v) is 10.3. The molecule has 1 saturated heterocycles. The molecule has 1 unspecified atom stereocenters. The molecule has 1 amide bonds. The molecule has 0 saturated carbocycles. The lowest BCUT2D eigenvalue weighted by Crippen LogP contribution is -2.40. The number of aromatic nitrogens is 1. The quantitative estimate of drug-likeness (QED) is 0.501. The Labute approximate surface area is 194 Å². The van der Waals surface area contributed by atoms with Crippen molar-refractivity contribution in [2.45, 2.75) is 17.9 Å². The third-order valence-electron chi connectivity index (χ3n) is 5.02. The Kier molecular flexibility index (Phi) is 6.61. The van der Waals surface area contributed by atoms with Gasteiger partial charge in [-0.25, -0.2) is 18.2 Å². The van der Waals surface area contributed by atoms with E-state index in [9.17, 15) is 18.0 Å². The minimum absolute atomic E-state index is 0.126. The highest BCUT2D eigenvalue weighted by molar-refractivity contribution is 7.89. The molecule has 1 aliphatic heterocycles. The molecule has 1 aromatic heterocycles. The van der Waals surface area contributed by atoms with E-state index in [0.29, 0.717) is 42.6 Å². The minimum atomic E-state index is -3.62. The molecular formula is C21H22N4O6S2. The number of fused-ring (bicyclic) bond motifs is 1. The van der Waals surface area contributed by atoms with E-state index in [1.165, 1.54) is 46.8 Å². The number of nitrogen functional groups attached to an aromatic ring is 1. The zero-order valence-corrected chi connectivity index (χ0v) is 19.3. The van der Waals surface area contributed by atoms with E-state index in [1.807, 2.05) is 0 Å². The number of anilines is 2. The molecule has 174 valence electrons. The summed E-state index contributed by atoms with van der Waals surface area (Å²) in [7, 11) is -3.62. The maximum absolute atomic E-state index is 12.7. The van der Waals surface area contributed by atoms with Gasteiger partial charge in [-0.15, -0.1) is 0 Å². The van der Waals surface area contributed by atoms with Gasteiger partial charge in [0.15, 0.2) is 11.2 Å². The smallest absolute Gasteiger partial charge is 0.338 e. The Morgan fingerprint density at radius 3 is 2.58 bits per heavy atom. The van der Waals surface area contributed by atoms with E-state index in [0.717, 1.165) is 4.70 Å². The van der Waals surface area contributed by atoms with Crippen molar-refractivity contribution in [3.05, 3.63) is 48.0 Å². The van der Waals surface area contributed by atoms with Crippen LogP contribution in [0.15, 0.2) is 47.4 Å². The van der Waals surface area contributed by atoms with E-state index in [4.69, 9.17) is 15.2 Å². The highest BCUT2D eigenvalue weighted by Gasteiger charge is 2.26. The van der Waals surface area contributed by atoms with Gasteiger partial charge in [-0.1, -0.05) is 11.3 Å². The summed E-state index contributed by atoms with van der Waals surface area (Å²) >= 11 is 1.25. The van der Waals surface area contributed by atoms with Crippen LogP contribution in [0.25, 0.3) is 10.2 Å². The fourth-order valence-electron chi connectivity index (χ4n) is 3.24. The molecule has 33 heavy (non-hydrogen) atoms. The van der Waals surface area contributed by atoms with Gasteiger partial charge in [0, 0.05) is 18.8 Å². The van der Waals surface area contributed by atoms with Crippen molar-refractivity contribution < 1.29 is 27.5 Å². The van der Waals surface area contributed by atoms with Crippen LogP contribution in [0.2, 0.25) is 0 Å². The van der Waals surface area contributed by atoms with Gasteiger partial charge in [0.25, 0.3) is 5.91 Å². The van der Waals surface area contributed by atoms with Crippen molar-refractivity contribution in [3.8, 4) is 0 Å². The third-order valence-corrected chi connectivity index (χ3v) is 7.78. The van der Waals surface area contributed by atoms with Crippen LogP contribution in [0.5, 0.6) is 0 Å². The summed E-state index contributed by atoms with van der Waals surface area (Å²) in [6.45, 7) is 2.76. The number of thiazole rings is 1. The van der Waals surface area contributed by atoms with Crippen LogP contribution in [0.4, 0.5) is 10.8 Å². The highest BCUT2D eigenvalue weighted by atomic mass is 32.2. The molecule has 0 spiro atoms. The van der Waals surface area contributed by atoms with Gasteiger partial charge in [-0.3, -0.25) is 4.79 Å². The van der Waals surface area contributed by atoms with Crippen molar-refractivity contribution in [2.75, 3.05) is 37.4 Å². The molecule has 4 rings (SSSR count). The Morgan fingerprint density at radius 2 is 1.88 bits per heavy atom. The first-order valence-corrected chi connectivity index (χ1v) is 12.4. The molecule has 10 nitrogen and oxygen atoms in total. The Bertz CT molecular complexity index is 1280. The van der Waals surface area contributed by atoms with Crippen LogP contribution in [0.1, 0.15) is 17.3 Å². The van der Waals surface area contributed by atoms with E-state index in [-0.39, 0.29) is 10.5 Å². The highest BCUT2D eigenvalue weighted by Crippen LogP contribution is 2.25. The zero-order chi connectivity index (χ0) is 23.6. The first-order valence-electron chi connectivity index (χ1n) is 10.1. The molecule has 12 heteroatoms. The Morgan fingerprint density at radius 1 is 1.18 bits per heavy atom. The van der Waals surface area contributed by atoms with Crippen LogP contribution in [-0.4, -0.2) is 62.0 Å². The van der Waals surface area contributed by atoms with Gasteiger partial charge in [-0.2, -0.15) is 4.31 Å². The molecular weight excluding hydrogens is 468 g/mol. The number of esters is 1. The second kappa shape index (κ2) is 9.43. The number of nitrogens with zero attached hydrogens (tertiary/aromatic N) is 2. The van der Waals surface area contributed by atoms with Crippen molar-refractivity contribution in [1.29, 1.82) is 0 Å². The molecule has 2 aromatic carbocycles. The van der Waals surface area contributed by atoms with Crippen molar-refractivity contribution in [3.63, 3.8) is 0 Å². The molecule has 1 aliphatic rings. The summed E-state index contributed by atoms with van der Waals surface area (Å²) in [6.07, 6.45) is -1.07. The summed E-state index contributed by atoms with van der Waals surface area (Å²) in [6, 6.07) is 10.7. The maximum Gasteiger partial charge on any atom is 0.338 e. The average molecular weight is 491 g/mol. The number of carbonyl (C=O) groups is 2. The van der Waals surface area contributed by atoms with Gasteiger partial charge in [0.05, 0.1) is 33.9 Å². The summed E-state index contributed by atoms with van der Waals surface area (Å²) in [5.74, 6) is -1.20.